The largest absolute Gasteiger partial charge is 0.473 e. The molecule has 1 N–H and O–H groups in total. The molecule has 0 saturated carbocycles. The van der Waals surface area contributed by atoms with Gasteiger partial charge in [0, 0.05) is 38.6 Å². The zero-order valence-corrected chi connectivity index (χ0v) is 12.9. The van der Waals surface area contributed by atoms with Crippen LogP contribution in [0.2, 0.25) is 0 Å². The molecule has 0 atom stereocenters. The highest BCUT2D eigenvalue weighted by Crippen LogP contribution is 2.17. The van der Waals surface area contributed by atoms with E-state index in [0.29, 0.717) is 31.9 Å². The molecule has 1 rings (SSSR count). The van der Waals surface area contributed by atoms with Gasteiger partial charge in [-0.3, -0.25) is 0 Å². The average molecular weight is 300 g/mol. The lowest BCUT2D eigenvalue weighted by atomic mass is 10.2. The number of nitrogens with zero attached hydrogens (tertiary/aromatic N) is 1. The fraction of sp³-hybridized carbons (Fsp3) is 0.667. The first-order valence-corrected chi connectivity index (χ1v) is 7.33. The minimum Gasteiger partial charge on any atom is -0.473 e. The minimum atomic E-state index is -0.402. The summed E-state index contributed by atoms with van der Waals surface area (Å²) >= 11 is 0. The Morgan fingerprint density at radius 2 is 2.10 bits per heavy atom. The van der Waals surface area contributed by atoms with Gasteiger partial charge < -0.3 is 19.5 Å². The van der Waals surface area contributed by atoms with Crippen LogP contribution in [0.4, 0.5) is 4.39 Å². The Balaban J connectivity index is 2.29. The molecule has 0 saturated heterocycles. The third-order valence-corrected chi connectivity index (χ3v) is 2.78. The predicted octanol–water partition coefficient (Wildman–Crippen LogP) is 2.15. The molecule has 0 bridgehead atoms. The van der Waals surface area contributed by atoms with Crippen molar-refractivity contribution in [2.45, 2.75) is 26.3 Å². The van der Waals surface area contributed by atoms with Crippen LogP contribution in [0.15, 0.2) is 12.3 Å². The summed E-state index contributed by atoms with van der Waals surface area (Å²) in [6.07, 6.45) is 3.40. The van der Waals surface area contributed by atoms with Crippen molar-refractivity contribution in [1.29, 1.82) is 0 Å². The van der Waals surface area contributed by atoms with Crippen molar-refractivity contribution >= 4 is 0 Å². The number of methoxy groups -OCH3 is 1. The molecule has 0 fully saturated rings. The maximum Gasteiger partial charge on any atom is 0.250 e. The number of nitrogens with one attached hydrogen (secondary N) is 1. The first-order valence-electron chi connectivity index (χ1n) is 7.33. The summed E-state index contributed by atoms with van der Waals surface area (Å²) in [5.41, 5.74) is 0.564. The number of ether oxygens (including phenoxy) is 3. The number of hydrogen-bond donors (Lipinski definition) is 1. The molecule has 0 aliphatic carbocycles. The lowest BCUT2D eigenvalue weighted by Gasteiger charge is -2.10. The van der Waals surface area contributed by atoms with Crippen LogP contribution in [0.3, 0.4) is 0 Å². The van der Waals surface area contributed by atoms with Crippen molar-refractivity contribution in [2.24, 2.45) is 0 Å². The van der Waals surface area contributed by atoms with E-state index in [4.69, 9.17) is 14.2 Å². The highest BCUT2D eigenvalue weighted by atomic mass is 19.1. The highest BCUT2D eigenvalue weighted by molar-refractivity contribution is 5.23. The van der Waals surface area contributed by atoms with Crippen LogP contribution in [-0.4, -0.2) is 45.1 Å². The van der Waals surface area contributed by atoms with Crippen LogP contribution in [0.1, 0.15) is 25.3 Å². The summed E-state index contributed by atoms with van der Waals surface area (Å²) in [6, 6.07) is 1.66. The minimum absolute atomic E-state index is 0.0336. The number of pyridine rings is 1. The van der Waals surface area contributed by atoms with Crippen LogP contribution in [0.5, 0.6) is 5.88 Å². The fourth-order valence-electron chi connectivity index (χ4n) is 1.70. The van der Waals surface area contributed by atoms with Crippen molar-refractivity contribution in [1.82, 2.24) is 10.3 Å². The second-order valence-electron chi connectivity index (χ2n) is 4.57. The molecule has 0 aliphatic rings. The maximum absolute atomic E-state index is 14.1. The van der Waals surface area contributed by atoms with E-state index in [1.165, 1.54) is 0 Å². The van der Waals surface area contributed by atoms with Crippen LogP contribution in [0, 0.1) is 5.82 Å². The van der Waals surface area contributed by atoms with E-state index < -0.39 is 5.82 Å². The summed E-state index contributed by atoms with van der Waals surface area (Å²) in [5, 5.41) is 3.16. The summed E-state index contributed by atoms with van der Waals surface area (Å²) < 4.78 is 29.7. The molecule has 1 heterocycles. The summed E-state index contributed by atoms with van der Waals surface area (Å²) in [5.74, 6) is -0.369. The SMILES string of the molecule is CCCNCc1ccnc(OCCOCCCOC)c1F. The van der Waals surface area contributed by atoms with Gasteiger partial charge in [0.25, 0.3) is 5.88 Å². The lowest BCUT2D eigenvalue weighted by molar-refractivity contribution is 0.0784. The molecule has 0 unspecified atom stereocenters. The Hall–Kier alpha value is -1.24. The molecule has 0 amide bonds. The van der Waals surface area contributed by atoms with Crippen molar-refractivity contribution in [3.8, 4) is 5.88 Å². The smallest absolute Gasteiger partial charge is 0.250 e. The number of hydrogen-bond acceptors (Lipinski definition) is 5. The molecule has 0 aliphatic heterocycles. The van der Waals surface area contributed by atoms with Gasteiger partial charge in [0.2, 0.25) is 0 Å². The van der Waals surface area contributed by atoms with Crippen LogP contribution in [-0.2, 0) is 16.0 Å². The quantitative estimate of drug-likeness (QED) is 0.599. The van der Waals surface area contributed by atoms with E-state index >= 15 is 0 Å². The van der Waals surface area contributed by atoms with Crippen LogP contribution < -0.4 is 10.1 Å². The Morgan fingerprint density at radius 3 is 2.86 bits per heavy atom. The summed E-state index contributed by atoms with van der Waals surface area (Å²) in [7, 11) is 1.65. The van der Waals surface area contributed by atoms with Crippen LogP contribution in [0.25, 0.3) is 0 Å². The normalized spacial score (nSPS) is 10.8. The molecular weight excluding hydrogens is 275 g/mol. The number of rotatable bonds is 12. The predicted molar refractivity (Wildman–Crippen MR) is 79.0 cm³/mol. The Morgan fingerprint density at radius 1 is 1.24 bits per heavy atom. The second-order valence-corrected chi connectivity index (χ2v) is 4.57. The van der Waals surface area contributed by atoms with Gasteiger partial charge in [0.1, 0.15) is 6.61 Å². The zero-order chi connectivity index (χ0) is 15.3. The highest BCUT2D eigenvalue weighted by Gasteiger charge is 2.10. The van der Waals surface area contributed by atoms with Gasteiger partial charge >= 0.3 is 0 Å². The Bertz CT molecular complexity index is 391. The van der Waals surface area contributed by atoms with Crippen molar-refractivity contribution in [3.63, 3.8) is 0 Å². The van der Waals surface area contributed by atoms with Gasteiger partial charge in [0.15, 0.2) is 5.82 Å². The van der Waals surface area contributed by atoms with Gasteiger partial charge in [-0.15, -0.1) is 0 Å². The standard InChI is InChI=1S/C15H25FN2O3/c1-3-6-17-12-13-5-7-18-15(14(13)16)21-11-10-20-9-4-8-19-2/h5,7,17H,3-4,6,8-12H2,1-2H3. The molecule has 1 aromatic rings. The van der Waals surface area contributed by atoms with Gasteiger partial charge in [-0.2, -0.15) is 0 Å². The van der Waals surface area contributed by atoms with Crippen LogP contribution >= 0.6 is 0 Å². The number of aromatic nitrogens is 1. The topological polar surface area (TPSA) is 52.6 Å². The molecule has 6 heteroatoms. The molecule has 21 heavy (non-hydrogen) atoms. The molecule has 0 aromatic carbocycles. The first kappa shape index (κ1) is 17.8. The monoisotopic (exact) mass is 300 g/mol. The Labute approximate surface area is 125 Å². The van der Waals surface area contributed by atoms with E-state index in [0.717, 1.165) is 19.4 Å². The van der Waals surface area contributed by atoms with E-state index in [1.807, 2.05) is 0 Å². The number of halogens is 1. The van der Waals surface area contributed by atoms with Crippen molar-refractivity contribution < 1.29 is 18.6 Å². The molecule has 0 spiro atoms. The van der Waals surface area contributed by atoms with Gasteiger partial charge in [-0.05, 0) is 25.5 Å². The van der Waals surface area contributed by atoms with Gasteiger partial charge in [-0.1, -0.05) is 6.92 Å². The molecule has 1 aromatic heterocycles. The average Bonchev–Trinajstić information content (AvgIpc) is 2.49. The Kier molecular flexibility index (Phi) is 9.69. The summed E-state index contributed by atoms with van der Waals surface area (Å²) in [6.45, 7) is 5.36. The molecule has 5 nitrogen and oxygen atoms in total. The fourth-order valence-corrected chi connectivity index (χ4v) is 1.70. The zero-order valence-electron chi connectivity index (χ0n) is 12.9. The van der Waals surface area contributed by atoms with E-state index in [9.17, 15) is 4.39 Å². The molecule has 0 radical (unpaired) electrons. The van der Waals surface area contributed by atoms with E-state index in [1.54, 1.807) is 19.4 Å². The summed E-state index contributed by atoms with van der Waals surface area (Å²) in [4.78, 5) is 3.91. The second kappa shape index (κ2) is 11.4. The van der Waals surface area contributed by atoms with E-state index in [-0.39, 0.29) is 12.5 Å². The van der Waals surface area contributed by atoms with Crippen molar-refractivity contribution in [3.05, 3.63) is 23.6 Å². The third kappa shape index (κ3) is 7.36. The first-order chi connectivity index (χ1) is 10.3. The van der Waals surface area contributed by atoms with Gasteiger partial charge in [-0.25, -0.2) is 9.37 Å². The molecular formula is C15H25FN2O3. The maximum atomic E-state index is 14.1. The third-order valence-electron chi connectivity index (χ3n) is 2.78. The molecule has 120 valence electrons. The van der Waals surface area contributed by atoms with Gasteiger partial charge in [0.05, 0.1) is 6.61 Å². The van der Waals surface area contributed by atoms with Crippen molar-refractivity contribution in [2.75, 3.05) is 40.1 Å². The lowest BCUT2D eigenvalue weighted by Crippen LogP contribution is -2.16. The van der Waals surface area contributed by atoms with E-state index in [2.05, 4.69) is 17.2 Å².